The summed E-state index contributed by atoms with van der Waals surface area (Å²) in [7, 11) is 1.30. The Morgan fingerprint density at radius 2 is 1.95 bits per heavy atom. The Hall–Kier alpha value is -4.26. The normalized spacial score (nSPS) is 17.5. The monoisotopic (exact) mass is 542 g/mol. The second kappa shape index (κ2) is 10.8. The van der Waals surface area contributed by atoms with Crippen molar-refractivity contribution in [1.82, 2.24) is 24.7 Å². The number of piperidine rings is 1. The second-order valence-electron chi connectivity index (χ2n) is 9.30. The first-order chi connectivity index (χ1) is 18.7. The molecule has 1 aliphatic heterocycles. The zero-order valence-corrected chi connectivity index (χ0v) is 21.2. The number of rotatable bonds is 7. The molecule has 13 heteroatoms. The molecule has 4 heterocycles. The first-order valence-corrected chi connectivity index (χ1v) is 12.2. The van der Waals surface area contributed by atoms with Gasteiger partial charge in [0.15, 0.2) is 5.82 Å². The fraction of sp³-hybridized carbons (Fsp3) is 0.308. The van der Waals surface area contributed by atoms with Crippen LogP contribution in [0.2, 0.25) is 0 Å². The highest BCUT2D eigenvalue weighted by Crippen LogP contribution is 2.36. The molecular weight excluding hydrogens is 516 g/mol. The van der Waals surface area contributed by atoms with Crippen LogP contribution in [0.4, 0.5) is 34.9 Å². The molecule has 0 aliphatic carbocycles. The van der Waals surface area contributed by atoms with E-state index >= 15 is 0 Å². The number of anilines is 3. The first kappa shape index (κ1) is 26.4. The van der Waals surface area contributed by atoms with Crippen LogP contribution in [0.15, 0.2) is 49.1 Å². The minimum atomic E-state index is -2.77. The highest BCUT2D eigenvalue weighted by molar-refractivity contribution is 5.80. The van der Waals surface area contributed by atoms with Crippen molar-refractivity contribution in [3.05, 3.63) is 60.7 Å². The van der Waals surface area contributed by atoms with Crippen LogP contribution >= 0.6 is 0 Å². The van der Waals surface area contributed by atoms with E-state index in [4.69, 9.17) is 10.5 Å². The molecular formula is C26H26F4N8O. The summed E-state index contributed by atoms with van der Waals surface area (Å²) in [5.74, 6) is -0.672. The molecule has 1 saturated heterocycles. The third-order valence-electron chi connectivity index (χ3n) is 6.73. The Bertz CT molecular complexity index is 1480. The van der Waals surface area contributed by atoms with E-state index in [1.165, 1.54) is 25.7 Å². The van der Waals surface area contributed by atoms with Crippen molar-refractivity contribution >= 4 is 17.3 Å². The lowest BCUT2D eigenvalue weighted by Gasteiger charge is -2.37. The van der Waals surface area contributed by atoms with Gasteiger partial charge in [-0.25, -0.2) is 28.4 Å². The second-order valence-corrected chi connectivity index (χ2v) is 9.30. The van der Waals surface area contributed by atoms with Gasteiger partial charge in [-0.2, -0.15) is 13.9 Å². The standard InChI is InChI=1S/C26H26F4N8O/c1-14-4-6-37(13-19(14)31)20-9-23(33-11-17(20)15-10-34-38(12-15)26(29)30)35-22-3-5-32-25(36-22)24-18(28)7-16(27)8-21(24)39-2/h3,5,7-12,14,19,26H,4,6,13,31H2,1-2H3,(H,32,33,35,36)/t14-,19-/m1/s1. The minimum Gasteiger partial charge on any atom is -0.496 e. The average molecular weight is 543 g/mol. The molecule has 0 bridgehead atoms. The molecule has 3 N–H and O–H groups in total. The summed E-state index contributed by atoms with van der Waals surface area (Å²) in [4.78, 5) is 15.0. The number of nitrogens with zero attached hydrogens (tertiary/aromatic N) is 6. The van der Waals surface area contributed by atoms with E-state index in [0.29, 0.717) is 39.9 Å². The Labute approximate surface area is 221 Å². The average Bonchev–Trinajstić information content (AvgIpc) is 3.40. The van der Waals surface area contributed by atoms with Gasteiger partial charge in [0.1, 0.15) is 29.0 Å². The van der Waals surface area contributed by atoms with Gasteiger partial charge in [0.05, 0.1) is 18.9 Å². The van der Waals surface area contributed by atoms with Gasteiger partial charge in [0.2, 0.25) is 0 Å². The van der Waals surface area contributed by atoms with Gasteiger partial charge >= 0.3 is 6.55 Å². The summed E-state index contributed by atoms with van der Waals surface area (Å²) in [5.41, 5.74) is 8.11. The number of hydrogen-bond donors (Lipinski definition) is 2. The lowest BCUT2D eigenvalue weighted by Crippen LogP contribution is -2.47. The van der Waals surface area contributed by atoms with Crippen molar-refractivity contribution in [2.24, 2.45) is 11.7 Å². The topological polar surface area (TPSA) is 107 Å². The molecule has 0 radical (unpaired) electrons. The van der Waals surface area contributed by atoms with E-state index in [-0.39, 0.29) is 23.2 Å². The van der Waals surface area contributed by atoms with Crippen LogP contribution in [0.25, 0.3) is 22.5 Å². The number of pyridine rings is 1. The van der Waals surface area contributed by atoms with Gasteiger partial charge in [-0.3, -0.25) is 0 Å². The van der Waals surface area contributed by atoms with Crippen molar-refractivity contribution in [3.63, 3.8) is 0 Å². The molecule has 9 nitrogen and oxygen atoms in total. The summed E-state index contributed by atoms with van der Waals surface area (Å²) in [5, 5.41) is 6.85. The Morgan fingerprint density at radius 3 is 2.67 bits per heavy atom. The van der Waals surface area contributed by atoms with Crippen molar-refractivity contribution in [3.8, 4) is 28.3 Å². The fourth-order valence-electron chi connectivity index (χ4n) is 4.51. The molecule has 5 rings (SSSR count). The van der Waals surface area contributed by atoms with Crippen LogP contribution in [-0.2, 0) is 0 Å². The van der Waals surface area contributed by atoms with Gasteiger partial charge in [-0.15, -0.1) is 0 Å². The molecule has 4 aromatic rings. The molecule has 39 heavy (non-hydrogen) atoms. The van der Waals surface area contributed by atoms with E-state index in [0.717, 1.165) is 30.8 Å². The number of hydrogen-bond acceptors (Lipinski definition) is 8. The van der Waals surface area contributed by atoms with Gasteiger partial charge in [0.25, 0.3) is 0 Å². The molecule has 1 fully saturated rings. The van der Waals surface area contributed by atoms with E-state index in [9.17, 15) is 17.6 Å². The first-order valence-electron chi connectivity index (χ1n) is 12.2. The Morgan fingerprint density at radius 1 is 1.13 bits per heavy atom. The number of alkyl halides is 2. The Kier molecular flexibility index (Phi) is 7.33. The summed E-state index contributed by atoms with van der Waals surface area (Å²) < 4.78 is 60.4. The maximum absolute atomic E-state index is 14.6. The lowest BCUT2D eigenvalue weighted by molar-refractivity contribution is 0.0566. The van der Waals surface area contributed by atoms with Crippen molar-refractivity contribution in [2.75, 3.05) is 30.4 Å². The van der Waals surface area contributed by atoms with E-state index in [1.807, 2.05) is 0 Å². The molecule has 204 valence electrons. The fourth-order valence-corrected chi connectivity index (χ4v) is 4.51. The number of nitrogens with one attached hydrogen (secondary N) is 1. The summed E-state index contributed by atoms with van der Waals surface area (Å²) in [6.07, 6.45) is 6.49. The van der Waals surface area contributed by atoms with E-state index in [1.54, 1.807) is 18.3 Å². The SMILES string of the molecule is COc1cc(F)cc(F)c1-c1nccc(Nc2cc(N3CC[C@@H](C)[C@H](N)C3)c(-c3cnn(C(F)F)c3)cn2)n1. The molecule has 0 spiro atoms. The lowest BCUT2D eigenvalue weighted by atomic mass is 9.93. The van der Waals surface area contributed by atoms with Crippen LogP contribution in [0.5, 0.6) is 5.75 Å². The Balaban J connectivity index is 1.50. The van der Waals surface area contributed by atoms with Gasteiger partial charge < -0.3 is 20.7 Å². The molecule has 2 atom stereocenters. The highest BCUT2D eigenvalue weighted by Gasteiger charge is 2.26. The van der Waals surface area contributed by atoms with Crippen LogP contribution in [0.1, 0.15) is 19.9 Å². The summed E-state index contributed by atoms with van der Waals surface area (Å²) in [6, 6.07) is 5.06. The van der Waals surface area contributed by atoms with Gasteiger partial charge in [0, 0.05) is 72.7 Å². The number of ether oxygens (including phenoxy) is 1. The number of methoxy groups -OCH3 is 1. The summed E-state index contributed by atoms with van der Waals surface area (Å²) in [6.45, 7) is 0.620. The van der Waals surface area contributed by atoms with Crippen molar-refractivity contribution in [1.29, 1.82) is 0 Å². The number of aromatic nitrogens is 5. The third-order valence-corrected chi connectivity index (χ3v) is 6.73. The zero-order valence-electron chi connectivity index (χ0n) is 21.2. The van der Waals surface area contributed by atoms with Gasteiger partial charge in [-0.05, 0) is 18.4 Å². The highest BCUT2D eigenvalue weighted by atomic mass is 19.3. The number of benzene rings is 1. The minimum absolute atomic E-state index is 0.0124. The summed E-state index contributed by atoms with van der Waals surface area (Å²) >= 11 is 0. The molecule has 0 unspecified atom stereocenters. The molecule has 0 amide bonds. The molecule has 1 aromatic carbocycles. The maximum Gasteiger partial charge on any atom is 0.333 e. The number of nitrogens with two attached hydrogens (primary N) is 1. The molecule has 1 aliphatic rings. The molecule has 3 aromatic heterocycles. The zero-order chi connectivity index (χ0) is 27.7. The number of halogens is 4. The van der Waals surface area contributed by atoms with E-state index < -0.39 is 18.2 Å². The van der Waals surface area contributed by atoms with E-state index in [2.05, 4.69) is 37.2 Å². The van der Waals surface area contributed by atoms with Crippen molar-refractivity contribution < 1.29 is 22.3 Å². The maximum atomic E-state index is 14.6. The van der Waals surface area contributed by atoms with Crippen LogP contribution in [0, 0.1) is 17.6 Å². The van der Waals surface area contributed by atoms with Crippen LogP contribution in [0.3, 0.4) is 0 Å². The quantitative estimate of drug-likeness (QED) is 0.314. The largest absolute Gasteiger partial charge is 0.496 e. The van der Waals surface area contributed by atoms with Gasteiger partial charge in [-0.1, -0.05) is 6.92 Å². The van der Waals surface area contributed by atoms with Crippen LogP contribution in [-0.4, -0.2) is 51.0 Å². The van der Waals surface area contributed by atoms with Crippen molar-refractivity contribution in [2.45, 2.75) is 25.9 Å². The molecule has 0 saturated carbocycles. The predicted molar refractivity (Wildman–Crippen MR) is 138 cm³/mol. The third kappa shape index (κ3) is 5.48. The smallest absolute Gasteiger partial charge is 0.333 e. The predicted octanol–water partition coefficient (Wildman–Crippen LogP) is 5.00. The van der Waals surface area contributed by atoms with Crippen LogP contribution < -0.4 is 20.7 Å².